The van der Waals surface area contributed by atoms with Crippen molar-refractivity contribution in [3.8, 4) is 11.3 Å². The van der Waals surface area contributed by atoms with Crippen molar-refractivity contribution in [1.29, 1.82) is 0 Å². The zero-order valence-electron chi connectivity index (χ0n) is 10.1. The van der Waals surface area contributed by atoms with Gasteiger partial charge in [0.1, 0.15) is 0 Å². The summed E-state index contributed by atoms with van der Waals surface area (Å²) in [7, 11) is 0. The fraction of sp³-hybridized carbons (Fsp3) is 0.214. The first-order chi connectivity index (χ1) is 8.11. The largest absolute Gasteiger partial charge is 0.326 e. The summed E-state index contributed by atoms with van der Waals surface area (Å²) < 4.78 is 0. The van der Waals surface area contributed by atoms with Crippen LogP contribution in [0.3, 0.4) is 0 Å². The molecule has 0 atom stereocenters. The lowest BCUT2D eigenvalue weighted by Gasteiger charge is -2.08. The molecule has 0 spiro atoms. The minimum atomic E-state index is -0.103. The Kier molecular flexibility index (Phi) is 3.11. The van der Waals surface area contributed by atoms with Crippen molar-refractivity contribution in [2.24, 2.45) is 5.73 Å². The van der Waals surface area contributed by atoms with Crippen LogP contribution in [0.15, 0.2) is 35.1 Å². The summed E-state index contributed by atoms with van der Waals surface area (Å²) in [5.41, 5.74) is 10.2. The molecule has 0 amide bonds. The minimum absolute atomic E-state index is 0.103. The molecule has 3 N–H and O–H groups in total. The number of H-pyrrole nitrogens is 1. The van der Waals surface area contributed by atoms with Crippen molar-refractivity contribution in [3.05, 3.63) is 57.4 Å². The van der Waals surface area contributed by atoms with E-state index >= 15 is 0 Å². The van der Waals surface area contributed by atoms with Gasteiger partial charge in [-0.3, -0.25) is 4.79 Å². The molecule has 0 bridgehead atoms. The number of nitrogens with one attached hydrogen (secondary N) is 1. The minimum Gasteiger partial charge on any atom is -0.326 e. The van der Waals surface area contributed by atoms with Gasteiger partial charge >= 0.3 is 0 Å². The fourth-order valence-electron chi connectivity index (χ4n) is 1.86. The lowest BCUT2D eigenvalue weighted by molar-refractivity contribution is 1.01. The van der Waals surface area contributed by atoms with Crippen molar-refractivity contribution in [2.45, 2.75) is 20.4 Å². The summed E-state index contributed by atoms with van der Waals surface area (Å²) in [6, 6.07) is 9.94. The zero-order valence-corrected chi connectivity index (χ0v) is 10.1. The highest BCUT2D eigenvalue weighted by Crippen LogP contribution is 2.20. The quantitative estimate of drug-likeness (QED) is 0.827. The van der Waals surface area contributed by atoms with Crippen molar-refractivity contribution in [3.63, 3.8) is 0 Å². The summed E-state index contributed by atoms with van der Waals surface area (Å²) in [4.78, 5) is 14.6. The predicted octanol–water partition coefficient (Wildman–Crippen LogP) is 2.12. The van der Waals surface area contributed by atoms with E-state index in [9.17, 15) is 4.79 Å². The molecule has 0 radical (unpaired) electrons. The Morgan fingerprint density at radius 1 is 1.18 bits per heavy atom. The molecule has 3 nitrogen and oxygen atoms in total. The number of aromatic nitrogens is 1. The molecule has 17 heavy (non-hydrogen) atoms. The van der Waals surface area contributed by atoms with Crippen LogP contribution < -0.4 is 11.3 Å². The van der Waals surface area contributed by atoms with Crippen LogP contribution in [0.4, 0.5) is 0 Å². The molecule has 0 aliphatic carbocycles. The van der Waals surface area contributed by atoms with Crippen LogP contribution in [0.5, 0.6) is 0 Å². The highest BCUT2D eigenvalue weighted by Gasteiger charge is 2.06. The summed E-state index contributed by atoms with van der Waals surface area (Å²) >= 11 is 0. The van der Waals surface area contributed by atoms with Crippen LogP contribution in [0.2, 0.25) is 0 Å². The molecule has 2 aromatic rings. The number of aromatic amines is 1. The molecule has 0 unspecified atom stereocenters. The summed E-state index contributed by atoms with van der Waals surface area (Å²) in [5.74, 6) is 0. The van der Waals surface area contributed by atoms with Crippen molar-refractivity contribution in [1.82, 2.24) is 4.98 Å². The van der Waals surface area contributed by atoms with Gasteiger partial charge in [0.25, 0.3) is 5.56 Å². The molecule has 88 valence electrons. The van der Waals surface area contributed by atoms with Gasteiger partial charge in [0.2, 0.25) is 0 Å². The molecule has 1 aromatic carbocycles. The Hall–Kier alpha value is -1.87. The molecular weight excluding hydrogens is 212 g/mol. The highest BCUT2D eigenvalue weighted by atomic mass is 16.1. The smallest absolute Gasteiger partial charge is 0.252 e. The Balaban J connectivity index is 2.56. The first kappa shape index (κ1) is 11.6. The Labute approximate surface area is 100 Å². The summed E-state index contributed by atoms with van der Waals surface area (Å²) in [6.45, 7) is 4.28. The predicted molar refractivity (Wildman–Crippen MR) is 69.9 cm³/mol. The van der Waals surface area contributed by atoms with E-state index in [1.165, 1.54) is 5.56 Å². The standard InChI is InChI=1S/C14H16N2O/c1-9-3-5-11(6-4-9)13-10(2)7-12(8-15)14(17)16-13/h3-7H,8,15H2,1-2H3,(H,16,17). The third kappa shape index (κ3) is 2.29. The molecule has 1 aromatic heterocycles. The van der Waals surface area contributed by atoms with Gasteiger partial charge in [-0.2, -0.15) is 0 Å². The van der Waals surface area contributed by atoms with E-state index in [-0.39, 0.29) is 12.1 Å². The second kappa shape index (κ2) is 4.55. The number of benzene rings is 1. The Bertz CT molecular complexity index is 582. The monoisotopic (exact) mass is 228 g/mol. The molecule has 2 rings (SSSR count). The average Bonchev–Trinajstić information content (AvgIpc) is 2.33. The topological polar surface area (TPSA) is 58.9 Å². The van der Waals surface area contributed by atoms with Crippen LogP contribution >= 0.6 is 0 Å². The molecule has 0 fully saturated rings. The van der Waals surface area contributed by atoms with Gasteiger partial charge in [0, 0.05) is 12.1 Å². The van der Waals surface area contributed by atoms with Crippen LogP contribution in [0.1, 0.15) is 16.7 Å². The SMILES string of the molecule is Cc1ccc(-c2[nH]c(=O)c(CN)cc2C)cc1. The normalized spacial score (nSPS) is 10.5. The van der Waals surface area contributed by atoms with E-state index in [1.807, 2.05) is 44.2 Å². The van der Waals surface area contributed by atoms with Gasteiger partial charge in [0.15, 0.2) is 0 Å². The number of hydrogen-bond donors (Lipinski definition) is 2. The van der Waals surface area contributed by atoms with E-state index in [0.717, 1.165) is 16.8 Å². The molecule has 0 saturated carbocycles. The number of nitrogens with two attached hydrogens (primary N) is 1. The first-order valence-electron chi connectivity index (χ1n) is 5.61. The highest BCUT2D eigenvalue weighted by molar-refractivity contribution is 5.63. The van der Waals surface area contributed by atoms with Gasteiger partial charge < -0.3 is 10.7 Å². The Morgan fingerprint density at radius 2 is 1.82 bits per heavy atom. The van der Waals surface area contributed by atoms with Crippen molar-refractivity contribution < 1.29 is 0 Å². The third-order valence-electron chi connectivity index (χ3n) is 2.88. The lowest BCUT2D eigenvalue weighted by Crippen LogP contribution is -2.17. The second-order valence-corrected chi connectivity index (χ2v) is 4.25. The van der Waals surface area contributed by atoms with Gasteiger partial charge in [-0.25, -0.2) is 0 Å². The summed E-state index contributed by atoms with van der Waals surface area (Å²) in [5, 5.41) is 0. The average molecular weight is 228 g/mol. The molecule has 0 aliphatic rings. The Morgan fingerprint density at radius 3 is 2.41 bits per heavy atom. The van der Waals surface area contributed by atoms with Crippen LogP contribution in [-0.4, -0.2) is 4.98 Å². The zero-order chi connectivity index (χ0) is 12.4. The van der Waals surface area contributed by atoms with E-state index in [2.05, 4.69) is 4.98 Å². The van der Waals surface area contributed by atoms with E-state index < -0.39 is 0 Å². The number of aryl methyl sites for hydroxylation is 2. The maximum absolute atomic E-state index is 11.7. The molecule has 0 saturated heterocycles. The van der Waals surface area contributed by atoms with Gasteiger partial charge in [-0.1, -0.05) is 29.8 Å². The van der Waals surface area contributed by atoms with Crippen LogP contribution in [-0.2, 0) is 6.54 Å². The lowest BCUT2D eigenvalue weighted by atomic mass is 10.0. The fourth-order valence-corrected chi connectivity index (χ4v) is 1.86. The van der Waals surface area contributed by atoms with Crippen molar-refractivity contribution >= 4 is 0 Å². The third-order valence-corrected chi connectivity index (χ3v) is 2.88. The molecular formula is C14H16N2O. The maximum Gasteiger partial charge on any atom is 0.252 e. The maximum atomic E-state index is 11.7. The van der Waals surface area contributed by atoms with Gasteiger partial charge in [0.05, 0.1) is 5.69 Å². The van der Waals surface area contributed by atoms with Crippen LogP contribution in [0, 0.1) is 13.8 Å². The molecule has 1 heterocycles. The summed E-state index contributed by atoms with van der Waals surface area (Å²) in [6.07, 6.45) is 0. The molecule has 0 aliphatic heterocycles. The van der Waals surface area contributed by atoms with E-state index in [1.54, 1.807) is 0 Å². The second-order valence-electron chi connectivity index (χ2n) is 4.25. The van der Waals surface area contributed by atoms with Crippen molar-refractivity contribution in [2.75, 3.05) is 0 Å². The van der Waals surface area contributed by atoms with Gasteiger partial charge in [-0.15, -0.1) is 0 Å². The number of pyridine rings is 1. The van der Waals surface area contributed by atoms with E-state index in [4.69, 9.17) is 5.73 Å². The number of rotatable bonds is 2. The molecule has 3 heteroatoms. The van der Waals surface area contributed by atoms with Gasteiger partial charge in [-0.05, 0) is 31.0 Å². The van der Waals surface area contributed by atoms with E-state index in [0.29, 0.717) is 5.56 Å². The van der Waals surface area contributed by atoms with Crippen LogP contribution in [0.25, 0.3) is 11.3 Å². The number of hydrogen-bond acceptors (Lipinski definition) is 2. The first-order valence-corrected chi connectivity index (χ1v) is 5.61.